The number of carbonyl (C=O) groups excluding carboxylic acids is 2. The number of benzene rings is 1. The molecule has 1 aromatic carbocycles. The number of nitrogens with zero attached hydrogens (tertiary/aromatic N) is 2. The molecule has 1 aromatic rings. The molecule has 2 amide bonds. The van der Waals surface area contributed by atoms with Gasteiger partial charge in [0.2, 0.25) is 5.91 Å². The van der Waals surface area contributed by atoms with Crippen LogP contribution in [0.3, 0.4) is 0 Å². The molecule has 136 valence electrons. The summed E-state index contributed by atoms with van der Waals surface area (Å²) in [5.41, 5.74) is 0.490. The first-order valence-electron chi connectivity index (χ1n) is 8.77. The molecule has 0 bridgehead atoms. The van der Waals surface area contributed by atoms with Crippen LogP contribution >= 0.6 is 0 Å². The molecule has 1 atom stereocenters. The highest BCUT2D eigenvalue weighted by Gasteiger charge is 2.24. The second kappa shape index (κ2) is 8.40. The van der Waals surface area contributed by atoms with Gasteiger partial charge in [-0.25, -0.2) is 4.39 Å². The molecule has 6 nitrogen and oxygen atoms in total. The Hall–Kier alpha value is -1.99. The van der Waals surface area contributed by atoms with Gasteiger partial charge in [-0.3, -0.25) is 14.5 Å². The monoisotopic (exact) mass is 349 g/mol. The van der Waals surface area contributed by atoms with E-state index >= 15 is 0 Å². The van der Waals surface area contributed by atoms with Crippen LogP contribution < -0.4 is 5.32 Å². The van der Waals surface area contributed by atoms with Gasteiger partial charge in [0, 0.05) is 44.9 Å². The third-order valence-corrected chi connectivity index (χ3v) is 4.67. The Kier molecular flexibility index (Phi) is 5.99. The van der Waals surface area contributed by atoms with E-state index in [2.05, 4.69) is 5.32 Å². The molecule has 2 aliphatic rings. The summed E-state index contributed by atoms with van der Waals surface area (Å²) in [4.78, 5) is 28.2. The van der Waals surface area contributed by atoms with E-state index in [1.807, 2.05) is 4.90 Å². The fourth-order valence-electron chi connectivity index (χ4n) is 3.18. The molecule has 0 saturated carbocycles. The summed E-state index contributed by atoms with van der Waals surface area (Å²) in [5.74, 6) is -0.452. The van der Waals surface area contributed by atoms with Crippen molar-refractivity contribution in [2.75, 3.05) is 45.9 Å². The number of halogens is 1. The normalized spacial score (nSPS) is 21.3. The van der Waals surface area contributed by atoms with E-state index in [4.69, 9.17) is 4.74 Å². The van der Waals surface area contributed by atoms with E-state index in [1.165, 1.54) is 24.3 Å². The first kappa shape index (κ1) is 17.8. The number of nitrogens with one attached hydrogen (secondary N) is 1. The maximum Gasteiger partial charge on any atom is 0.253 e. The molecule has 0 radical (unpaired) electrons. The highest BCUT2D eigenvalue weighted by molar-refractivity contribution is 5.94. The zero-order valence-electron chi connectivity index (χ0n) is 14.2. The highest BCUT2D eigenvalue weighted by atomic mass is 19.1. The van der Waals surface area contributed by atoms with Crippen molar-refractivity contribution in [3.63, 3.8) is 0 Å². The molecule has 0 aliphatic carbocycles. The zero-order chi connectivity index (χ0) is 17.6. The summed E-state index contributed by atoms with van der Waals surface area (Å²) in [6.45, 7) is 4.13. The molecule has 7 heteroatoms. The molecule has 25 heavy (non-hydrogen) atoms. The minimum atomic E-state index is -0.351. The van der Waals surface area contributed by atoms with Gasteiger partial charge in [-0.15, -0.1) is 0 Å². The summed E-state index contributed by atoms with van der Waals surface area (Å²) in [5, 5.41) is 2.92. The van der Waals surface area contributed by atoms with Crippen LogP contribution in [0.5, 0.6) is 0 Å². The van der Waals surface area contributed by atoms with Crippen molar-refractivity contribution in [1.29, 1.82) is 0 Å². The number of rotatable bonds is 5. The first-order chi connectivity index (χ1) is 12.1. The first-order valence-corrected chi connectivity index (χ1v) is 8.77. The standard InChI is InChI=1S/C18H24FN3O3/c19-15-5-3-14(4-6-15)18(24)22-9-7-21(8-10-22)13-17(23)20-12-16-2-1-11-25-16/h3-6,16H,1-2,7-13H2,(H,20,23)/t16-/m0/s1. The van der Waals surface area contributed by atoms with Crippen LogP contribution in [-0.2, 0) is 9.53 Å². The van der Waals surface area contributed by atoms with Crippen molar-refractivity contribution in [3.8, 4) is 0 Å². The van der Waals surface area contributed by atoms with Crippen LogP contribution in [0.15, 0.2) is 24.3 Å². The maximum absolute atomic E-state index is 12.9. The minimum absolute atomic E-state index is 0.00573. The van der Waals surface area contributed by atoms with E-state index in [1.54, 1.807) is 4.90 Å². The van der Waals surface area contributed by atoms with Gasteiger partial charge in [0.1, 0.15) is 5.82 Å². The van der Waals surface area contributed by atoms with Crippen molar-refractivity contribution in [3.05, 3.63) is 35.6 Å². The Labute approximate surface area is 146 Å². The Balaban J connectivity index is 1.39. The fourth-order valence-corrected chi connectivity index (χ4v) is 3.18. The van der Waals surface area contributed by atoms with Gasteiger partial charge in [0.15, 0.2) is 0 Å². The van der Waals surface area contributed by atoms with Gasteiger partial charge in [0.25, 0.3) is 5.91 Å². The van der Waals surface area contributed by atoms with Crippen molar-refractivity contribution < 1.29 is 18.7 Å². The van der Waals surface area contributed by atoms with Crippen molar-refractivity contribution in [2.45, 2.75) is 18.9 Å². The molecule has 3 rings (SSSR count). The van der Waals surface area contributed by atoms with Gasteiger partial charge < -0.3 is 15.0 Å². The maximum atomic E-state index is 12.9. The van der Waals surface area contributed by atoms with Crippen LogP contribution in [0.25, 0.3) is 0 Å². The van der Waals surface area contributed by atoms with E-state index in [0.29, 0.717) is 44.8 Å². The third-order valence-electron chi connectivity index (χ3n) is 4.67. The average molecular weight is 349 g/mol. The second-order valence-electron chi connectivity index (χ2n) is 6.51. The quantitative estimate of drug-likeness (QED) is 0.857. The molecule has 1 N–H and O–H groups in total. The number of hydrogen-bond acceptors (Lipinski definition) is 4. The number of piperazine rings is 1. The molecule has 2 saturated heterocycles. The van der Waals surface area contributed by atoms with E-state index in [9.17, 15) is 14.0 Å². The summed E-state index contributed by atoms with van der Waals surface area (Å²) in [6.07, 6.45) is 2.21. The van der Waals surface area contributed by atoms with Crippen LogP contribution in [0.4, 0.5) is 4.39 Å². The molecule has 2 heterocycles. The predicted octanol–water partition coefficient (Wildman–Crippen LogP) is 0.879. The lowest BCUT2D eigenvalue weighted by Crippen LogP contribution is -2.51. The summed E-state index contributed by atoms with van der Waals surface area (Å²) in [6, 6.07) is 5.59. The molecule has 2 fully saturated rings. The third kappa shape index (κ3) is 4.99. The highest BCUT2D eigenvalue weighted by Crippen LogP contribution is 2.11. The molecule has 0 unspecified atom stereocenters. The second-order valence-corrected chi connectivity index (χ2v) is 6.51. The summed E-state index contributed by atoms with van der Waals surface area (Å²) >= 11 is 0. The molecule has 0 spiro atoms. The van der Waals surface area contributed by atoms with E-state index in [-0.39, 0.29) is 23.7 Å². The molecule has 2 aliphatic heterocycles. The molecular weight excluding hydrogens is 325 g/mol. The van der Waals surface area contributed by atoms with Gasteiger partial charge in [-0.05, 0) is 37.1 Å². The number of hydrogen-bond donors (Lipinski definition) is 1. The summed E-state index contributed by atoms with van der Waals surface area (Å²) < 4.78 is 18.4. The fraction of sp³-hybridized carbons (Fsp3) is 0.556. The lowest BCUT2D eigenvalue weighted by atomic mass is 10.2. The van der Waals surface area contributed by atoms with Gasteiger partial charge in [-0.1, -0.05) is 0 Å². The minimum Gasteiger partial charge on any atom is -0.376 e. The largest absolute Gasteiger partial charge is 0.376 e. The Morgan fingerprint density at radius 2 is 1.88 bits per heavy atom. The number of carbonyl (C=O) groups is 2. The number of ether oxygens (including phenoxy) is 1. The van der Waals surface area contributed by atoms with Gasteiger partial charge >= 0.3 is 0 Å². The Bertz CT molecular complexity index is 594. The SMILES string of the molecule is O=C(CN1CCN(C(=O)c2ccc(F)cc2)CC1)NC[C@@H]1CCCO1. The molecule has 0 aromatic heterocycles. The Morgan fingerprint density at radius 3 is 2.52 bits per heavy atom. The van der Waals surface area contributed by atoms with Crippen LogP contribution in [-0.4, -0.2) is 73.6 Å². The lowest BCUT2D eigenvalue weighted by Gasteiger charge is -2.34. The van der Waals surface area contributed by atoms with Crippen molar-refractivity contribution in [1.82, 2.24) is 15.1 Å². The molecular formula is C18H24FN3O3. The number of amides is 2. The van der Waals surface area contributed by atoms with Crippen LogP contribution in [0, 0.1) is 5.82 Å². The predicted molar refractivity (Wildman–Crippen MR) is 90.7 cm³/mol. The van der Waals surface area contributed by atoms with Gasteiger partial charge in [-0.2, -0.15) is 0 Å². The Morgan fingerprint density at radius 1 is 1.16 bits per heavy atom. The zero-order valence-corrected chi connectivity index (χ0v) is 14.2. The average Bonchev–Trinajstić information content (AvgIpc) is 3.14. The van der Waals surface area contributed by atoms with Gasteiger partial charge in [0.05, 0.1) is 12.6 Å². The summed E-state index contributed by atoms with van der Waals surface area (Å²) in [7, 11) is 0. The van der Waals surface area contributed by atoms with Crippen LogP contribution in [0.1, 0.15) is 23.2 Å². The topological polar surface area (TPSA) is 61.9 Å². The van der Waals surface area contributed by atoms with E-state index < -0.39 is 0 Å². The van der Waals surface area contributed by atoms with E-state index in [0.717, 1.165) is 19.4 Å². The van der Waals surface area contributed by atoms with Crippen molar-refractivity contribution >= 4 is 11.8 Å². The lowest BCUT2D eigenvalue weighted by molar-refractivity contribution is -0.123. The smallest absolute Gasteiger partial charge is 0.253 e. The van der Waals surface area contributed by atoms with Crippen molar-refractivity contribution in [2.24, 2.45) is 0 Å². The van der Waals surface area contributed by atoms with Crippen LogP contribution in [0.2, 0.25) is 0 Å².